The van der Waals surface area contributed by atoms with Gasteiger partial charge in [0.15, 0.2) is 0 Å². The molecule has 3 atom stereocenters. The van der Waals surface area contributed by atoms with Gasteiger partial charge in [0.05, 0.1) is 0 Å². The van der Waals surface area contributed by atoms with Gasteiger partial charge in [0.25, 0.3) is 0 Å². The van der Waals surface area contributed by atoms with Crippen LogP contribution in [-0.2, 0) is 0 Å². The lowest BCUT2D eigenvalue weighted by Gasteiger charge is -2.27. The molecule has 1 aromatic carbocycles. The number of nitrogens with one attached hydrogen (secondary N) is 1. The Morgan fingerprint density at radius 1 is 1.37 bits per heavy atom. The van der Waals surface area contributed by atoms with Gasteiger partial charge in [0.2, 0.25) is 0 Å². The maximum atomic E-state index is 9.49. The number of hydrogen-bond donors (Lipinski definition) is 2. The first kappa shape index (κ1) is 14.4. The second-order valence-electron chi connectivity index (χ2n) is 6.20. The molecule has 1 aliphatic rings. The molecule has 0 bridgehead atoms. The van der Waals surface area contributed by atoms with Crippen LogP contribution < -0.4 is 5.32 Å². The Balaban J connectivity index is 1.73. The van der Waals surface area contributed by atoms with Gasteiger partial charge in [-0.2, -0.15) is 0 Å². The predicted molar refractivity (Wildman–Crippen MR) is 80.3 cm³/mol. The number of phenolic OH excluding ortho intramolecular Hbond substituents is 1. The fourth-order valence-corrected chi connectivity index (χ4v) is 3.24. The van der Waals surface area contributed by atoms with E-state index in [4.69, 9.17) is 0 Å². The summed E-state index contributed by atoms with van der Waals surface area (Å²) >= 11 is 0. The summed E-state index contributed by atoms with van der Waals surface area (Å²) in [5, 5.41) is 13.1. The maximum Gasteiger partial charge on any atom is 0.115 e. The second-order valence-corrected chi connectivity index (χ2v) is 6.20. The van der Waals surface area contributed by atoms with Crippen LogP contribution in [0.15, 0.2) is 24.3 Å². The highest BCUT2D eigenvalue weighted by Crippen LogP contribution is 2.30. The molecule has 3 unspecified atom stereocenters. The van der Waals surface area contributed by atoms with Crippen molar-refractivity contribution in [1.29, 1.82) is 0 Å². The first-order valence-corrected chi connectivity index (χ1v) is 7.67. The molecule has 0 aliphatic heterocycles. The summed E-state index contributed by atoms with van der Waals surface area (Å²) < 4.78 is 0. The molecule has 1 fully saturated rings. The summed E-state index contributed by atoms with van der Waals surface area (Å²) in [4.78, 5) is 0. The molecule has 1 saturated carbocycles. The molecular formula is C17H27NO. The van der Waals surface area contributed by atoms with Crippen molar-refractivity contribution < 1.29 is 5.11 Å². The molecule has 2 rings (SSSR count). The lowest BCUT2D eigenvalue weighted by atomic mass is 9.81. The van der Waals surface area contributed by atoms with Gasteiger partial charge in [-0.3, -0.25) is 0 Å². The topological polar surface area (TPSA) is 32.3 Å². The maximum absolute atomic E-state index is 9.49. The van der Waals surface area contributed by atoms with Crippen LogP contribution in [0.1, 0.15) is 57.6 Å². The van der Waals surface area contributed by atoms with Gasteiger partial charge in [-0.15, -0.1) is 0 Å². The molecule has 0 amide bonds. The number of rotatable bonds is 5. The third-order valence-electron chi connectivity index (χ3n) is 4.42. The van der Waals surface area contributed by atoms with Crippen molar-refractivity contribution in [1.82, 2.24) is 5.32 Å². The first-order chi connectivity index (χ1) is 9.15. The van der Waals surface area contributed by atoms with Gasteiger partial charge in [0, 0.05) is 6.04 Å². The molecular weight excluding hydrogens is 234 g/mol. The average Bonchev–Trinajstić information content (AvgIpc) is 2.38. The number of phenols is 1. The van der Waals surface area contributed by atoms with E-state index in [1.54, 1.807) is 6.07 Å². The molecule has 1 aromatic rings. The summed E-state index contributed by atoms with van der Waals surface area (Å²) in [6.07, 6.45) is 6.93. The van der Waals surface area contributed by atoms with Crippen molar-refractivity contribution in [2.24, 2.45) is 11.8 Å². The van der Waals surface area contributed by atoms with Crippen LogP contribution >= 0.6 is 0 Å². The molecule has 2 N–H and O–H groups in total. The summed E-state index contributed by atoms with van der Waals surface area (Å²) in [5.41, 5.74) is 1.16. The Kier molecular flexibility index (Phi) is 5.26. The van der Waals surface area contributed by atoms with Gasteiger partial charge >= 0.3 is 0 Å². The Labute approximate surface area is 117 Å². The zero-order valence-electron chi connectivity index (χ0n) is 12.2. The molecule has 106 valence electrons. The fourth-order valence-electron chi connectivity index (χ4n) is 3.24. The normalized spacial score (nSPS) is 25.2. The smallest absolute Gasteiger partial charge is 0.115 e. The quantitative estimate of drug-likeness (QED) is 0.830. The van der Waals surface area contributed by atoms with Gasteiger partial charge in [-0.1, -0.05) is 38.3 Å². The van der Waals surface area contributed by atoms with E-state index < -0.39 is 0 Å². The van der Waals surface area contributed by atoms with Gasteiger partial charge in [0.1, 0.15) is 5.75 Å². The molecule has 0 saturated heterocycles. The van der Waals surface area contributed by atoms with Crippen LogP contribution in [0.25, 0.3) is 0 Å². The standard InChI is InChI=1S/C17H27NO/c1-13-5-3-6-15(11-13)9-10-18-14(2)16-7-4-8-17(19)12-16/h4,7-8,12-15,18-19H,3,5-6,9-11H2,1-2H3. The lowest BCUT2D eigenvalue weighted by Crippen LogP contribution is -2.23. The molecule has 2 heteroatoms. The van der Waals surface area contributed by atoms with E-state index in [9.17, 15) is 5.11 Å². The van der Waals surface area contributed by atoms with Crippen LogP contribution in [0.2, 0.25) is 0 Å². The summed E-state index contributed by atoms with van der Waals surface area (Å²) in [5.74, 6) is 2.18. The third kappa shape index (κ3) is 4.54. The summed E-state index contributed by atoms with van der Waals surface area (Å²) in [6.45, 7) is 5.63. The molecule has 19 heavy (non-hydrogen) atoms. The molecule has 1 aliphatic carbocycles. The SMILES string of the molecule is CC1CCCC(CCNC(C)c2cccc(O)c2)C1. The van der Waals surface area contributed by atoms with Crippen molar-refractivity contribution in [2.45, 2.75) is 52.0 Å². The van der Waals surface area contributed by atoms with Crippen molar-refractivity contribution in [3.05, 3.63) is 29.8 Å². The molecule has 0 aromatic heterocycles. The van der Waals surface area contributed by atoms with E-state index in [1.165, 1.54) is 32.1 Å². The molecule has 0 spiro atoms. The van der Waals surface area contributed by atoms with Crippen molar-refractivity contribution in [3.63, 3.8) is 0 Å². The minimum absolute atomic E-state index is 0.313. The van der Waals surface area contributed by atoms with Crippen molar-refractivity contribution in [3.8, 4) is 5.75 Å². The second kappa shape index (κ2) is 6.95. The summed E-state index contributed by atoms with van der Waals surface area (Å²) in [6, 6.07) is 7.86. The molecule has 0 heterocycles. The van der Waals surface area contributed by atoms with Crippen LogP contribution in [0.5, 0.6) is 5.75 Å². The first-order valence-electron chi connectivity index (χ1n) is 7.67. The zero-order valence-corrected chi connectivity index (χ0v) is 12.2. The Morgan fingerprint density at radius 3 is 2.95 bits per heavy atom. The largest absolute Gasteiger partial charge is 0.508 e. The van der Waals surface area contributed by atoms with Crippen molar-refractivity contribution in [2.75, 3.05) is 6.54 Å². The van der Waals surface area contributed by atoms with Crippen LogP contribution in [-0.4, -0.2) is 11.7 Å². The van der Waals surface area contributed by atoms with Gasteiger partial charge in [-0.25, -0.2) is 0 Å². The average molecular weight is 261 g/mol. The van der Waals surface area contributed by atoms with Gasteiger partial charge < -0.3 is 10.4 Å². The van der Waals surface area contributed by atoms with Crippen molar-refractivity contribution >= 4 is 0 Å². The number of aromatic hydroxyl groups is 1. The van der Waals surface area contributed by atoms with Gasteiger partial charge in [-0.05, 0) is 55.8 Å². The molecule has 2 nitrogen and oxygen atoms in total. The highest BCUT2D eigenvalue weighted by molar-refractivity contribution is 5.28. The van der Waals surface area contributed by atoms with E-state index in [0.717, 1.165) is 23.9 Å². The van der Waals surface area contributed by atoms with Crippen LogP contribution in [0.4, 0.5) is 0 Å². The lowest BCUT2D eigenvalue weighted by molar-refractivity contribution is 0.265. The molecule has 0 radical (unpaired) electrons. The van der Waals surface area contributed by atoms with E-state index in [2.05, 4.69) is 25.2 Å². The minimum Gasteiger partial charge on any atom is -0.508 e. The summed E-state index contributed by atoms with van der Waals surface area (Å²) in [7, 11) is 0. The van der Waals surface area contributed by atoms with E-state index in [-0.39, 0.29) is 0 Å². The van der Waals surface area contributed by atoms with E-state index >= 15 is 0 Å². The Hall–Kier alpha value is -1.02. The Morgan fingerprint density at radius 2 is 2.21 bits per heavy atom. The number of hydrogen-bond acceptors (Lipinski definition) is 2. The Bertz CT molecular complexity index is 391. The van der Waals surface area contributed by atoms with Crippen LogP contribution in [0, 0.1) is 11.8 Å². The number of benzene rings is 1. The third-order valence-corrected chi connectivity index (χ3v) is 4.42. The zero-order chi connectivity index (χ0) is 13.7. The van der Waals surface area contributed by atoms with E-state index in [1.807, 2.05) is 12.1 Å². The van der Waals surface area contributed by atoms with E-state index in [0.29, 0.717) is 11.8 Å². The minimum atomic E-state index is 0.313. The highest BCUT2D eigenvalue weighted by Gasteiger charge is 2.18. The predicted octanol–water partition coefficient (Wildman–Crippen LogP) is 4.26. The monoisotopic (exact) mass is 261 g/mol. The van der Waals surface area contributed by atoms with Crippen LogP contribution in [0.3, 0.4) is 0 Å². The fraction of sp³-hybridized carbons (Fsp3) is 0.647. The highest BCUT2D eigenvalue weighted by atomic mass is 16.3.